The lowest BCUT2D eigenvalue weighted by Gasteiger charge is -2.17. The molecule has 1 aliphatic rings. The first-order valence-electron chi connectivity index (χ1n) is 7.86. The summed E-state index contributed by atoms with van der Waals surface area (Å²) in [7, 11) is 0. The first kappa shape index (κ1) is 16.6. The fourth-order valence-corrected chi connectivity index (χ4v) is 2.81. The number of hydrogen-bond donors (Lipinski definition) is 1. The highest BCUT2D eigenvalue weighted by atomic mass is 16.6. The van der Waals surface area contributed by atoms with Crippen LogP contribution in [0.15, 0.2) is 48.5 Å². The summed E-state index contributed by atoms with van der Waals surface area (Å²) in [5.74, 6) is -0.486. The second kappa shape index (κ2) is 6.72. The van der Waals surface area contributed by atoms with Crippen LogP contribution in [0.25, 0.3) is 0 Å². The highest BCUT2D eigenvalue weighted by molar-refractivity contribution is 5.99. The van der Waals surface area contributed by atoms with Gasteiger partial charge in [-0.05, 0) is 25.1 Å². The van der Waals surface area contributed by atoms with Crippen molar-refractivity contribution < 1.29 is 14.5 Å². The molecule has 0 saturated carbocycles. The first-order valence-corrected chi connectivity index (χ1v) is 7.86. The molecule has 1 aliphatic heterocycles. The van der Waals surface area contributed by atoms with Crippen LogP contribution < -0.4 is 10.2 Å². The number of aryl methyl sites for hydroxylation is 1. The number of hydrogen-bond acceptors (Lipinski definition) is 4. The van der Waals surface area contributed by atoms with Gasteiger partial charge < -0.3 is 10.2 Å². The number of non-ortho nitro benzene ring substituents is 1. The zero-order valence-corrected chi connectivity index (χ0v) is 13.6. The maximum Gasteiger partial charge on any atom is 0.270 e. The van der Waals surface area contributed by atoms with E-state index in [2.05, 4.69) is 5.32 Å². The molecular formula is C18H17N3O4. The lowest BCUT2D eigenvalue weighted by Crippen LogP contribution is -2.37. The molecule has 0 aliphatic carbocycles. The van der Waals surface area contributed by atoms with Gasteiger partial charge in [-0.25, -0.2) is 0 Å². The molecule has 1 heterocycles. The Kier molecular flexibility index (Phi) is 4.47. The van der Waals surface area contributed by atoms with Crippen LogP contribution in [0.2, 0.25) is 0 Å². The van der Waals surface area contributed by atoms with E-state index < -0.39 is 10.8 Å². The Balaban J connectivity index is 1.69. The van der Waals surface area contributed by atoms with Crippen molar-refractivity contribution in [2.24, 2.45) is 0 Å². The summed E-state index contributed by atoms with van der Waals surface area (Å²) < 4.78 is 0. The minimum atomic E-state index is -0.547. The predicted octanol–water partition coefficient (Wildman–Crippen LogP) is 2.44. The Morgan fingerprint density at radius 2 is 1.96 bits per heavy atom. The zero-order valence-electron chi connectivity index (χ0n) is 13.6. The Bertz CT molecular complexity index is 832. The monoisotopic (exact) mass is 339 g/mol. The van der Waals surface area contributed by atoms with Crippen LogP contribution in [0.4, 0.5) is 11.4 Å². The van der Waals surface area contributed by atoms with Gasteiger partial charge >= 0.3 is 0 Å². The van der Waals surface area contributed by atoms with Gasteiger partial charge in [-0.2, -0.15) is 0 Å². The van der Waals surface area contributed by atoms with Crippen LogP contribution in [0.3, 0.4) is 0 Å². The number of nitrogens with zero attached hydrogens (tertiary/aromatic N) is 2. The molecule has 1 atom stereocenters. The fourth-order valence-electron chi connectivity index (χ4n) is 2.81. The van der Waals surface area contributed by atoms with Crippen molar-refractivity contribution in [1.29, 1.82) is 0 Å². The molecule has 2 aromatic carbocycles. The molecule has 0 bridgehead atoms. The Morgan fingerprint density at radius 3 is 2.64 bits per heavy atom. The molecule has 0 aromatic heterocycles. The van der Waals surface area contributed by atoms with Gasteiger partial charge in [-0.15, -0.1) is 0 Å². The summed E-state index contributed by atoms with van der Waals surface area (Å²) in [5.41, 5.74) is 1.96. The smallest absolute Gasteiger partial charge is 0.270 e. The summed E-state index contributed by atoms with van der Waals surface area (Å²) in [4.78, 5) is 36.4. The summed E-state index contributed by atoms with van der Waals surface area (Å²) >= 11 is 0. The molecule has 128 valence electrons. The number of anilines is 1. The van der Waals surface area contributed by atoms with E-state index in [1.165, 1.54) is 24.3 Å². The number of rotatable bonds is 4. The summed E-state index contributed by atoms with van der Waals surface area (Å²) in [6.07, 6.45) is 0.203. The molecule has 2 aromatic rings. The number of benzene rings is 2. The van der Waals surface area contributed by atoms with Gasteiger partial charge in [0.25, 0.3) is 11.6 Å². The fraction of sp³-hybridized carbons (Fsp3) is 0.222. The summed E-state index contributed by atoms with van der Waals surface area (Å²) in [5, 5.41) is 13.6. The van der Waals surface area contributed by atoms with E-state index in [-0.39, 0.29) is 29.6 Å². The van der Waals surface area contributed by atoms with Gasteiger partial charge in [0.05, 0.1) is 11.0 Å². The van der Waals surface area contributed by atoms with Gasteiger partial charge in [0.1, 0.15) is 0 Å². The molecule has 7 nitrogen and oxygen atoms in total. The van der Waals surface area contributed by atoms with Crippen LogP contribution in [0, 0.1) is 17.0 Å². The third-order valence-electron chi connectivity index (χ3n) is 4.13. The van der Waals surface area contributed by atoms with E-state index in [9.17, 15) is 19.7 Å². The number of nitro groups is 1. The average Bonchev–Trinajstić information content (AvgIpc) is 2.96. The average molecular weight is 339 g/mol. The quantitative estimate of drug-likeness (QED) is 0.684. The zero-order chi connectivity index (χ0) is 18.0. The van der Waals surface area contributed by atoms with Crippen molar-refractivity contribution in [3.8, 4) is 0 Å². The van der Waals surface area contributed by atoms with Crippen molar-refractivity contribution in [1.82, 2.24) is 5.32 Å². The van der Waals surface area contributed by atoms with Gasteiger partial charge in [0, 0.05) is 36.3 Å². The lowest BCUT2D eigenvalue weighted by molar-refractivity contribution is -0.384. The molecule has 0 spiro atoms. The van der Waals surface area contributed by atoms with Crippen LogP contribution >= 0.6 is 0 Å². The highest BCUT2D eigenvalue weighted by Gasteiger charge is 2.31. The number of nitro benzene ring substituents is 1. The molecule has 0 unspecified atom stereocenters. The van der Waals surface area contributed by atoms with Crippen molar-refractivity contribution in [3.05, 3.63) is 69.8 Å². The normalized spacial score (nSPS) is 16.8. The lowest BCUT2D eigenvalue weighted by atomic mass is 10.1. The van der Waals surface area contributed by atoms with Crippen LogP contribution in [-0.4, -0.2) is 29.3 Å². The molecule has 1 saturated heterocycles. The SMILES string of the molecule is Cc1ccc(N2C[C@H](NC(=O)c3cccc([N+](=O)[O-])c3)CC2=O)cc1. The second-order valence-electron chi connectivity index (χ2n) is 6.02. The molecule has 1 N–H and O–H groups in total. The Morgan fingerprint density at radius 1 is 1.24 bits per heavy atom. The molecule has 7 heteroatoms. The first-order chi connectivity index (χ1) is 11.9. The topological polar surface area (TPSA) is 92.6 Å². The Labute approximate surface area is 144 Å². The number of carbonyl (C=O) groups excluding carboxylic acids is 2. The van der Waals surface area contributed by atoms with Gasteiger partial charge in [-0.3, -0.25) is 19.7 Å². The minimum Gasteiger partial charge on any atom is -0.347 e. The van der Waals surface area contributed by atoms with Gasteiger partial charge in [-0.1, -0.05) is 23.8 Å². The van der Waals surface area contributed by atoms with E-state index in [1.807, 2.05) is 31.2 Å². The van der Waals surface area contributed by atoms with E-state index in [0.29, 0.717) is 6.54 Å². The summed E-state index contributed by atoms with van der Waals surface area (Å²) in [6, 6.07) is 12.8. The van der Waals surface area contributed by atoms with Crippen molar-refractivity contribution in [2.45, 2.75) is 19.4 Å². The maximum absolute atomic E-state index is 12.3. The third kappa shape index (κ3) is 3.65. The Hall–Kier alpha value is -3.22. The van der Waals surface area contributed by atoms with Crippen LogP contribution in [0.1, 0.15) is 22.3 Å². The highest BCUT2D eigenvalue weighted by Crippen LogP contribution is 2.22. The molecular weight excluding hydrogens is 322 g/mol. The number of nitrogens with one attached hydrogen (secondary N) is 1. The predicted molar refractivity (Wildman–Crippen MR) is 92.5 cm³/mol. The van der Waals surface area contributed by atoms with Crippen LogP contribution in [0.5, 0.6) is 0 Å². The van der Waals surface area contributed by atoms with Crippen molar-refractivity contribution in [3.63, 3.8) is 0 Å². The third-order valence-corrected chi connectivity index (χ3v) is 4.13. The van der Waals surface area contributed by atoms with E-state index in [0.717, 1.165) is 11.3 Å². The second-order valence-corrected chi connectivity index (χ2v) is 6.02. The largest absolute Gasteiger partial charge is 0.347 e. The summed E-state index contributed by atoms with van der Waals surface area (Å²) in [6.45, 7) is 2.35. The molecule has 1 fully saturated rings. The van der Waals surface area contributed by atoms with Gasteiger partial charge in [0.2, 0.25) is 5.91 Å². The maximum atomic E-state index is 12.3. The molecule has 2 amide bonds. The van der Waals surface area contributed by atoms with E-state index >= 15 is 0 Å². The van der Waals surface area contributed by atoms with Gasteiger partial charge in [0.15, 0.2) is 0 Å². The standard InChI is InChI=1S/C18H17N3O4/c1-12-5-7-15(8-6-12)20-11-14(10-17(20)22)19-18(23)13-3-2-4-16(9-13)21(24)25/h2-9,14H,10-11H2,1H3,(H,19,23)/t14-/m1/s1. The van der Waals surface area contributed by atoms with E-state index in [4.69, 9.17) is 0 Å². The number of carbonyl (C=O) groups is 2. The van der Waals surface area contributed by atoms with Crippen molar-refractivity contribution >= 4 is 23.2 Å². The molecule has 0 radical (unpaired) electrons. The minimum absolute atomic E-state index is 0.0619. The molecule has 3 rings (SSSR count). The van der Waals surface area contributed by atoms with Crippen LogP contribution in [-0.2, 0) is 4.79 Å². The van der Waals surface area contributed by atoms with Crippen molar-refractivity contribution in [2.75, 3.05) is 11.4 Å². The van der Waals surface area contributed by atoms with E-state index in [1.54, 1.807) is 4.90 Å². The number of amides is 2. The molecule has 25 heavy (non-hydrogen) atoms.